The Labute approximate surface area is 136 Å². The molecule has 2 aromatic rings. The van der Waals surface area contributed by atoms with Crippen LogP contribution in [0.4, 0.5) is 5.69 Å². The molecule has 0 bridgehead atoms. The SMILES string of the molecule is CC(C)C(O)CC(=O)Nc1ccc(OCc2nccn2C)cc1. The van der Waals surface area contributed by atoms with Gasteiger partial charge in [0.25, 0.3) is 0 Å². The third-order valence-electron chi connectivity index (χ3n) is 3.59. The summed E-state index contributed by atoms with van der Waals surface area (Å²) in [7, 11) is 1.91. The third-order valence-corrected chi connectivity index (χ3v) is 3.59. The van der Waals surface area contributed by atoms with Crippen LogP contribution in [0.3, 0.4) is 0 Å². The number of aliphatic hydroxyl groups excluding tert-OH is 1. The number of anilines is 1. The van der Waals surface area contributed by atoms with Crippen LogP contribution in [0.25, 0.3) is 0 Å². The second-order valence-electron chi connectivity index (χ2n) is 5.83. The van der Waals surface area contributed by atoms with E-state index < -0.39 is 6.10 Å². The van der Waals surface area contributed by atoms with Gasteiger partial charge in [-0.15, -0.1) is 0 Å². The van der Waals surface area contributed by atoms with E-state index in [0.29, 0.717) is 18.0 Å². The van der Waals surface area contributed by atoms with Crippen LogP contribution in [-0.4, -0.2) is 26.7 Å². The molecule has 124 valence electrons. The average Bonchev–Trinajstić information content (AvgIpc) is 2.91. The molecule has 0 spiro atoms. The fraction of sp³-hybridized carbons (Fsp3) is 0.412. The highest BCUT2D eigenvalue weighted by Crippen LogP contribution is 2.17. The number of aliphatic hydroxyl groups is 1. The normalized spacial score (nSPS) is 12.2. The minimum atomic E-state index is -0.629. The van der Waals surface area contributed by atoms with E-state index in [-0.39, 0.29) is 18.2 Å². The molecule has 1 aromatic carbocycles. The Morgan fingerprint density at radius 2 is 2.04 bits per heavy atom. The van der Waals surface area contributed by atoms with Crippen molar-refractivity contribution in [1.82, 2.24) is 9.55 Å². The van der Waals surface area contributed by atoms with Crippen molar-refractivity contribution in [3.05, 3.63) is 42.5 Å². The van der Waals surface area contributed by atoms with Crippen molar-refractivity contribution < 1.29 is 14.6 Å². The molecule has 1 aromatic heterocycles. The Hall–Kier alpha value is -2.34. The summed E-state index contributed by atoms with van der Waals surface area (Å²) in [4.78, 5) is 16.0. The average molecular weight is 317 g/mol. The van der Waals surface area contributed by atoms with Crippen molar-refractivity contribution in [3.8, 4) is 5.75 Å². The number of amides is 1. The summed E-state index contributed by atoms with van der Waals surface area (Å²) >= 11 is 0. The highest BCUT2D eigenvalue weighted by molar-refractivity contribution is 5.91. The lowest BCUT2D eigenvalue weighted by atomic mass is 10.0. The van der Waals surface area contributed by atoms with Crippen LogP contribution in [0.5, 0.6) is 5.75 Å². The number of aromatic nitrogens is 2. The Kier molecular flexibility index (Phi) is 5.76. The lowest BCUT2D eigenvalue weighted by Crippen LogP contribution is -2.23. The number of carbonyl (C=O) groups is 1. The first-order chi connectivity index (χ1) is 11.0. The molecular weight excluding hydrogens is 294 g/mol. The molecule has 2 rings (SSSR count). The van der Waals surface area contributed by atoms with Gasteiger partial charge in [-0.3, -0.25) is 4.79 Å². The largest absolute Gasteiger partial charge is 0.486 e. The molecule has 0 aliphatic rings. The van der Waals surface area contributed by atoms with Crippen molar-refractivity contribution >= 4 is 11.6 Å². The summed E-state index contributed by atoms with van der Waals surface area (Å²) < 4.78 is 7.55. The van der Waals surface area contributed by atoms with Crippen molar-refractivity contribution in [3.63, 3.8) is 0 Å². The zero-order valence-corrected chi connectivity index (χ0v) is 13.7. The molecule has 23 heavy (non-hydrogen) atoms. The summed E-state index contributed by atoms with van der Waals surface area (Å²) in [6.07, 6.45) is 3.05. The van der Waals surface area contributed by atoms with Crippen LogP contribution in [0.1, 0.15) is 26.1 Å². The molecule has 1 unspecified atom stereocenters. The van der Waals surface area contributed by atoms with Gasteiger partial charge in [-0.25, -0.2) is 4.98 Å². The van der Waals surface area contributed by atoms with Crippen LogP contribution >= 0.6 is 0 Å². The number of nitrogens with zero attached hydrogens (tertiary/aromatic N) is 2. The van der Waals surface area contributed by atoms with Crippen LogP contribution < -0.4 is 10.1 Å². The summed E-state index contributed by atoms with van der Waals surface area (Å²) in [5.41, 5.74) is 0.676. The molecule has 0 fully saturated rings. The van der Waals surface area contributed by atoms with Crippen molar-refractivity contribution in [2.45, 2.75) is 33.0 Å². The molecule has 1 atom stereocenters. The predicted molar refractivity (Wildman–Crippen MR) is 88.1 cm³/mol. The maximum Gasteiger partial charge on any atom is 0.226 e. The van der Waals surface area contributed by atoms with E-state index in [9.17, 15) is 9.90 Å². The van der Waals surface area contributed by atoms with E-state index in [1.165, 1.54) is 0 Å². The van der Waals surface area contributed by atoms with Gasteiger partial charge in [0.05, 0.1) is 12.5 Å². The van der Waals surface area contributed by atoms with E-state index in [2.05, 4.69) is 10.3 Å². The summed E-state index contributed by atoms with van der Waals surface area (Å²) in [5, 5.41) is 12.5. The van der Waals surface area contributed by atoms with Crippen LogP contribution in [-0.2, 0) is 18.4 Å². The Morgan fingerprint density at radius 3 is 2.61 bits per heavy atom. The molecule has 0 saturated carbocycles. The number of hydrogen-bond donors (Lipinski definition) is 2. The Bertz CT molecular complexity index is 635. The number of imidazole rings is 1. The Balaban J connectivity index is 1.84. The fourth-order valence-corrected chi connectivity index (χ4v) is 1.96. The predicted octanol–water partition coefficient (Wildman–Crippen LogP) is 2.34. The number of carbonyl (C=O) groups excluding carboxylic acids is 1. The third kappa shape index (κ3) is 5.10. The van der Waals surface area contributed by atoms with Gasteiger partial charge in [0.2, 0.25) is 5.91 Å². The minimum absolute atomic E-state index is 0.0580. The number of hydrogen-bond acceptors (Lipinski definition) is 4. The first-order valence-corrected chi connectivity index (χ1v) is 7.62. The molecule has 1 amide bonds. The molecular formula is C17H23N3O3. The van der Waals surface area contributed by atoms with E-state index in [4.69, 9.17) is 4.74 Å². The van der Waals surface area contributed by atoms with Gasteiger partial charge in [0, 0.05) is 25.1 Å². The second kappa shape index (κ2) is 7.78. The number of aryl methyl sites for hydroxylation is 1. The lowest BCUT2D eigenvalue weighted by molar-refractivity contribution is -0.118. The highest BCUT2D eigenvalue weighted by atomic mass is 16.5. The minimum Gasteiger partial charge on any atom is -0.486 e. The highest BCUT2D eigenvalue weighted by Gasteiger charge is 2.14. The van der Waals surface area contributed by atoms with Gasteiger partial charge in [0.15, 0.2) is 0 Å². The van der Waals surface area contributed by atoms with E-state index >= 15 is 0 Å². The smallest absolute Gasteiger partial charge is 0.226 e. The van der Waals surface area contributed by atoms with Crippen molar-refractivity contribution in [1.29, 1.82) is 0 Å². The monoisotopic (exact) mass is 317 g/mol. The van der Waals surface area contributed by atoms with Gasteiger partial charge >= 0.3 is 0 Å². The molecule has 1 heterocycles. The van der Waals surface area contributed by atoms with Gasteiger partial charge < -0.3 is 19.7 Å². The maximum absolute atomic E-state index is 11.8. The fourth-order valence-electron chi connectivity index (χ4n) is 1.96. The number of ether oxygens (including phenoxy) is 1. The maximum atomic E-state index is 11.8. The molecule has 2 N–H and O–H groups in total. The number of rotatable bonds is 7. The van der Waals surface area contributed by atoms with Gasteiger partial charge in [0.1, 0.15) is 18.2 Å². The summed E-state index contributed by atoms with van der Waals surface area (Å²) in [5.74, 6) is 1.40. The zero-order valence-electron chi connectivity index (χ0n) is 13.7. The van der Waals surface area contributed by atoms with Crippen LogP contribution in [0.15, 0.2) is 36.7 Å². The molecule has 6 heteroatoms. The molecule has 0 aliphatic carbocycles. The van der Waals surface area contributed by atoms with Gasteiger partial charge in [-0.1, -0.05) is 13.8 Å². The quantitative estimate of drug-likeness (QED) is 0.822. The Morgan fingerprint density at radius 1 is 1.35 bits per heavy atom. The number of benzene rings is 1. The molecule has 6 nitrogen and oxygen atoms in total. The standard InChI is InChI=1S/C17H23N3O3/c1-12(2)15(21)10-17(22)19-13-4-6-14(7-5-13)23-11-16-18-8-9-20(16)3/h4-9,12,15,21H,10-11H2,1-3H3,(H,19,22). The van der Waals surface area contributed by atoms with E-state index in [1.54, 1.807) is 30.5 Å². The second-order valence-corrected chi connectivity index (χ2v) is 5.83. The van der Waals surface area contributed by atoms with Crippen LogP contribution in [0.2, 0.25) is 0 Å². The number of nitrogens with one attached hydrogen (secondary N) is 1. The summed E-state index contributed by atoms with van der Waals surface area (Å²) in [6.45, 7) is 4.15. The van der Waals surface area contributed by atoms with Crippen LogP contribution in [0, 0.1) is 5.92 Å². The van der Waals surface area contributed by atoms with Gasteiger partial charge in [-0.05, 0) is 30.2 Å². The van der Waals surface area contributed by atoms with Crippen molar-refractivity contribution in [2.24, 2.45) is 13.0 Å². The first-order valence-electron chi connectivity index (χ1n) is 7.62. The van der Waals surface area contributed by atoms with E-state index in [0.717, 1.165) is 5.82 Å². The molecule has 0 aliphatic heterocycles. The first kappa shape index (κ1) is 17.0. The summed E-state index contributed by atoms with van der Waals surface area (Å²) in [6, 6.07) is 7.12. The molecule has 0 radical (unpaired) electrons. The lowest BCUT2D eigenvalue weighted by Gasteiger charge is -2.14. The van der Waals surface area contributed by atoms with Gasteiger partial charge in [-0.2, -0.15) is 0 Å². The van der Waals surface area contributed by atoms with E-state index in [1.807, 2.05) is 31.7 Å². The molecule has 0 saturated heterocycles. The van der Waals surface area contributed by atoms with Crippen molar-refractivity contribution in [2.75, 3.05) is 5.32 Å². The zero-order chi connectivity index (χ0) is 16.8. The topological polar surface area (TPSA) is 76.4 Å².